The van der Waals surface area contributed by atoms with Crippen LogP contribution in [0, 0.1) is 27.7 Å². The summed E-state index contributed by atoms with van der Waals surface area (Å²) in [6, 6.07) is 21.9. The van der Waals surface area contributed by atoms with Crippen LogP contribution in [0.4, 0.5) is 17.1 Å². The Balaban J connectivity index is 1.62. The van der Waals surface area contributed by atoms with Gasteiger partial charge >= 0.3 is 0 Å². The van der Waals surface area contributed by atoms with E-state index in [-0.39, 0.29) is 6.71 Å². The maximum atomic E-state index is 6.59. The third-order valence-electron chi connectivity index (χ3n) is 7.05. The van der Waals surface area contributed by atoms with Crippen LogP contribution < -0.4 is 30.8 Å². The van der Waals surface area contributed by atoms with Gasteiger partial charge in [-0.1, -0.05) is 29.8 Å². The fourth-order valence-electron chi connectivity index (χ4n) is 5.56. The minimum absolute atomic E-state index is 0.111. The van der Waals surface area contributed by atoms with Crippen molar-refractivity contribution in [3.05, 3.63) is 82.9 Å². The average molecular weight is 415 g/mol. The molecular formula is C28H22BNO2. The van der Waals surface area contributed by atoms with Crippen LogP contribution in [0.2, 0.25) is 0 Å². The van der Waals surface area contributed by atoms with E-state index in [9.17, 15) is 0 Å². The number of nitrogens with zero attached hydrogens (tertiary/aromatic N) is 1. The second kappa shape index (κ2) is 5.98. The topological polar surface area (TPSA) is 21.7 Å². The van der Waals surface area contributed by atoms with E-state index in [1.54, 1.807) is 0 Å². The second-order valence-electron chi connectivity index (χ2n) is 9.27. The quantitative estimate of drug-likeness (QED) is 0.334. The molecule has 0 bridgehead atoms. The van der Waals surface area contributed by atoms with Crippen molar-refractivity contribution in [2.24, 2.45) is 0 Å². The summed E-state index contributed by atoms with van der Waals surface area (Å²) in [5.41, 5.74) is 11.9. The van der Waals surface area contributed by atoms with E-state index >= 15 is 0 Å². The van der Waals surface area contributed by atoms with Crippen molar-refractivity contribution in [2.75, 3.05) is 4.90 Å². The first-order chi connectivity index (χ1) is 15.5. The normalized spacial score (nSPS) is 14.0. The summed E-state index contributed by atoms with van der Waals surface area (Å²) >= 11 is 0. The first kappa shape index (κ1) is 18.0. The van der Waals surface area contributed by atoms with Crippen molar-refractivity contribution < 1.29 is 9.47 Å². The molecule has 154 valence electrons. The van der Waals surface area contributed by atoms with Crippen LogP contribution >= 0.6 is 0 Å². The van der Waals surface area contributed by atoms with Crippen LogP contribution in [0.5, 0.6) is 23.0 Å². The molecule has 0 aromatic heterocycles. The van der Waals surface area contributed by atoms with Crippen molar-refractivity contribution in [3.8, 4) is 23.0 Å². The number of benzene rings is 4. The largest absolute Gasteiger partial charge is 0.458 e. The van der Waals surface area contributed by atoms with Gasteiger partial charge in [-0.3, -0.25) is 0 Å². The predicted octanol–water partition coefficient (Wildman–Crippen LogP) is 5.43. The van der Waals surface area contributed by atoms with Crippen molar-refractivity contribution in [1.82, 2.24) is 0 Å². The molecule has 4 aromatic rings. The fourth-order valence-corrected chi connectivity index (χ4v) is 5.56. The van der Waals surface area contributed by atoms with Gasteiger partial charge in [0.05, 0.1) is 0 Å². The highest BCUT2D eigenvalue weighted by Crippen LogP contribution is 2.46. The third kappa shape index (κ3) is 2.17. The standard InChI is InChI=1S/C28H22BNO2/c1-15-5-9-19(10-6-15)30-20-11-7-17(3)27-24(20)29-25-21(30)12-8-18(4)28(25)32-23-14-16(2)13-22(31-27)26(23)29/h5-14H,1-4H3. The summed E-state index contributed by atoms with van der Waals surface area (Å²) in [5, 5.41) is 0. The lowest BCUT2D eigenvalue weighted by Gasteiger charge is -2.43. The summed E-state index contributed by atoms with van der Waals surface area (Å²) in [6.07, 6.45) is 0. The Bertz CT molecular complexity index is 1390. The SMILES string of the molecule is Cc1ccc(N2c3ccc(C)c4c3B3c5c(cc(C)cc5Oc5c(C)ccc2c53)O4)cc1. The van der Waals surface area contributed by atoms with Gasteiger partial charge in [0.2, 0.25) is 0 Å². The van der Waals surface area contributed by atoms with E-state index in [2.05, 4.69) is 93.3 Å². The van der Waals surface area contributed by atoms with E-state index in [1.165, 1.54) is 27.9 Å². The molecular weight excluding hydrogens is 393 g/mol. The van der Waals surface area contributed by atoms with Crippen LogP contribution in [0.15, 0.2) is 60.7 Å². The Labute approximate surface area is 188 Å². The molecule has 3 nitrogen and oxygen atoms in total. The Kier molecular flexibility index (Phi) is 3.36. The maximum Gasteiger partial charge on any atom is 0.266 e. The van der Waals surface area contributed by atoms with E-state index in [4.69, 9.17) is 9.47 Å². The first-order valence-electron chi connectivity index (χ1n) is 11.2. The zero-order valence-electron chi connectivity index (χ0n) is 18.6. The van der Waals surface area contributed by atoms with Gasteiger partial charge in [0.25, 0.3) is 6.71 Å². The molecule has 0 saturated carbocycles. The van der Waals surface area contributed by atoms with Crippen molar-refractivity contribution in [1.29, 1.82) is 0 Å². The predicted molar refractivity (Wildman–Crippen MR) is 131 cm³/mol. The molecule has 0 amide bonds. The molecule has 4 aromatic carbocycles. The van der Waals surface area contributed by atoms with Gasteiger partial charge < -0.3 is 14.4 Å². The van der Waals surface area contributed by atoms with Gasteiger partial charge in [-0.05, 0) is 91.7 Å². The highest BCUT2D eigenvalue weighted by molar-refractivity contribution is 7.00. The van der Waals surface area contributed by atoms with Crippen molar-refractivity contribution in [3.63, 3.8) is 0 Å². The molecule has 0 saturated heterocycles. The molecule has 0 radical (unpaired) electrons. The van der Waals surface area contributed by atoms with Gasteiger partial charge in [0, 0.05) is 22.5 Å². The summed E-state index contributed by atoms with van der Waals surface area (Å²) in [5.74, 6) is 3.79. The van der Waals surface area contributed by atoms with Crippen molar-refractivity contribution >= 4 is 40.2 Å². The zero-order chi connectivity index (χ0) is 21.7. The number of hydrogen-bond donors (Lipinski definition) is 0. The minimum atomic E-state index is 0.111. The van der Waals surface area contributed by atoms with Gasteiger partial charge in [-0.15, -0.1) is 0 Å². The smallest absolute Gasteiger partial charge is 0.266 e. The van der Waals surface area contributed by atoms with E-state index < -0.39 is 0 Å². The molecule has 0 unspecified atom stereocenters. The highest BCUT2D eigenvalue weighted by Gasteiger charge is 2.48. The lowest BCUT2D eigenvalue weighted by Crippen LogP contribution is -2.61. The van der Waals surface area contributed by atoms with Gasteiger partial charge in [0.1, 0.15) is 23.0 Å². The molecule has 3 aliphatic rings. The summed E-state index contributed by atoms with van der Waals surface area (Å²) in [7, 11) is 0. The highest BCUT2D eigenvalue weighted by atomic mass is 16.5. The van der Waals surface area contributed by atoms with Crippen LogP contribution in [0.25, 0.3) is 0 Å². The van der Waals surface area contributed by atoms with E-state index in [0.717, 1.165) is 50.8 Å². The molecule has 0 fully saturated rings. The van der Waals surface area contributed by atoms with Crippen molar-refractivity contribution in [2.45, 2.75) is 27.7 Å². The lowest BCUT2D eigenvalue weighted by atomic mass is 9.33. The van der Waals surface area contributed by atoms with Crippen LogP contribution in [0.1, 0.15) is 22.3 Å². The number of rotatable bonds is 1. The average Bonchev–Trinajstić information content (AvgIpc) is 2.78. The molecule has 0 atom stereocenters. The molecule has 4 heteroatoms. The fraction of sp³-hybridized carbons (Fsp3) is 0.143. The van der Waals surface area contributed by atoms with Gasteiger partial charge in [-0.25, -0.2) is 0 Å². The Morgan fingerprint density at radius 3 is 1.66 bits per heavy atom. The molecule has 0 spiro atoms. The number of anilines is 3. The Morgan fingerprint density at radius 2 is 1.12 bits per heavy atom. The summed E-state index contributed by atoms with van der Waals surface area (Å²) < 4.78 is 13.2. The maximum absolute atomic E-state index is 6.59. The molecule has 7 rings (SSSR count). The molecule has 3 aliphatic heterocycles. The molecule has 32 heavy (non-hydrogen) atoms. The van der Waals surface area contributed by atoms with Gasteiger partial charge in [-0.2, -0.15) is 0 Å². The summed E-state index contributed by atoms with van der Waals surface area (Å²) in [4.78, 5) is 2.36. The number of ether oxygens (including phenoxy) is 2. The first-order valence-corrected chi connectivity index (χ1v) is 11.2. The summed E-state index contributed by atoms with van der Waals surface area (Å²) in [6.45, 7) is 8.61. The van der Waals surface area contributed by atoms with E-state index in [0.29, 0.717) is 0 Å². The van der Waals surface area contributed by atoms with Crippen LogP contribution in [-0.4, -0.2) is 6.71 Å². The lowest BCUT2D eigenvalue weighted by molar-refractivity contribution is 0.460. The van der Waals surface area contributed by atoms with Crippen LogP contribution in [0.3, 0.4) is 0 Å². The Morgan fingerprint density at radius 1 is 0.594 bits per heavy atom. The Hall–Kier alpha value is -3.66. The minimum Gasteiger partial charge on any atom is -0.458 e. The molecule has 0 aliphatic carbocycles. The third-order valence-corrected chi connectivity index (χ3v) is 7.05. The van der Waals surface area contributed by atoms with Crippen LogP contribution in [-0.2, 0) is 0 Å². The second-order valence-corrected chi connectivity index (χ2v) is 9.27. The molecule has 3 heterocycles. The van der Waals surface area contributed by atoms with Gasteiger partial charge in [0.15, 0.2) is 0 Å². The monoisotopic (exact) mass is 415 g/mol. The number of hydrogen-bond acceptors (Lipinski definition) is 3. The number of aryl methyl sites for hydroxylation is 4. The zero-order valence-corrected chi connectivity index (χ0v) is 18.6. The van der Waals surface area contributed by atoms with E-state index in [1.807, 2.05) is 0 Å². The molecule has 0 N–H and O–H groups in total.